The second-order valence-corrected chi connectivity index (χ2v) is 7.02. The average molecular weight is 352 g/mol. The summed E-state index contributed by atoms with van der Waals surface area (Å²) in [6.45, 7) is 2.04. The molecule has 0 radical (unpaired) electrons. The smallest absolute Gasteiger partial charge is 0.255 e. The summed E-state index contributed by atoms with van der Waals surface area (Å²) in [5.41, 5.74) is 1.84. The summed E-state index contributed by atoms with van der Waals surface area (Å²) in [7, 11) is 2.13. The van der Waals surface area contributed by atoms with Crippen molar-refractivity contribution in [1.29, 1.82) is 0 Å². The first kappa shape index (κ1) is 16.8. The minimum absolute atomic E-state index is 0.210. The van der Waals surface area contributed by atoms with E-state index >= 15 is 0 Å². The van der Waals surface area contributed by atoms with Crippen LogP contribution in [0.1, 0.15) is 28.8 Å². The Morgan fingerprint density at radius 3 is 2.62 bits per heavy atom. The first-order valence-electron chi connectivity index (χ1n) is 8.81. The number of hydrogen-bond donors (Lipinski definition) is 1. The summed E-state index contributed by atoms with van der Waals surface area (Å²) in [6.07, 6.45) is 6.18. The number of rotatable bonds is 2. The number of anilines is 1. The molecule has 1 N–H and O–H groups in total. The maximum Gasteiger partial charge on any atom is 0.255 e. The van der Waals surface area contributed by atoms with Gasteiger partial charge >= 0.3 is 0 Å². The van der Waals surface area contributed by atoms with Gasteiger partial charge in [-0.25, -0.2) is 4.39 Å². The molecule has 0 atom stereocenters. The van der Waals surface area contributed by atoms with Crippen LogP contribution >= 0.6 is 0 Å². The van der Waals surface area contributed by atoms with Gasteiger partial charge in [0.1, 0.15) is 17.2 Å². The number of nitrogens with one attached hydrogen (secondary N) is 1. The first-order valence-corrected chi connectivity index (χ1v) is 8.81. The van der Waals surface area contributed by atoms with Crippen molar-refractivity contribution in [2.75, 3.05) is 25.5 Å². The summed E-state index contributed by atoms with van der Waals surface area (Å²) in [4.78, 5) is 14.6. The van der Waals surface area contributed by atoms with Gasteiger partial charge in [-0.05, 0) is 55.6 Å². The van der Waals surface area contributed by atoms with Crippen LogP contribution in [0, 0.1) is 5.82 Å². The number of halogens is 1. The van der Waals surface area contributed by atoms with Gasteiger partial charge in [-0.15, -0.1) is 0 Å². The van der Waals surface area contributed by atoms with Gasteiger partial charge < -0.3 is 15.0 Å². The highest BCUT2D eigenvalue weighted by Gasteiger charge is 2.35. The number of ether oxygens (including phenoxy) is 1. The molecular weight excluding hydrogens is 331 g/mol. The molecule has 2 aliphatic heterocycles. The van der Waals surface area contributed by atoms with Crippen LogP contribution in [0.25, 0.3) is 6.08 Å². The van der Waals surface area contributed by atoms with Crippen molar-refractivity contribution in [2.45, 2.75) is 18.4 Å². The van der Waals surface area contributed by atoms with Gasteiger partial charge in [-0.2, -0.15) is 0 Å². The maximum absolute atomic E-state index is 13.0. The lowest BCUT2D eigenvalue weighted by molar-refractivity contribution is 0.0473. The number of amides is 1. The molecule has 1 saturated heterocycles. The number of likely N-dealkylation sites (tertiary alicyclic amines) is 1. The predicted octanol–water partition coefficient (Wildman–Crippen LogP) is 3.95. The Balaban J connectivity index is 1.49. The van der Waals surface area contributed by atoms with Gasteiger partial charge in [0.15, 0.2) is 0 Å². The van der Waals surface area contributed by atoms with Gasteiger partial charge in [0.2, 0.25) is 0 Å². The van der Waals surface area contributed by atoms with Gasteiger partial charge in [0.05, 0.1) is 0 Å². The normalized spacial score (nSPS) is 18.2. The summed E-state index contributed by atoms with van der Waals surface area (Å²) in [5.74, 6) is 0.217. The molecule has 0 bridgehead atoms. The third-order valence-corrected chi connectivity index (χ3v) is 5.09. The lowest BCUT2D eigenvalue weighted by Gasteiger charge is -2.40. The number of piperidine rings is 1. The zero-order chi connectivity index (χ0) is 18.1. The highest BCUT2D eigenvalue weighted by molar-refractivity contribution is 6.04. The third kappa shape index (κ3) is 3.35. The molecule has 5 heteroatoms. The van der Waals surface area contributed by atoms with E-state index in [0.717, 1.165) is 37.2 Å². The lowest BCUT2D eigenvalue weighted by Crippen LogP contribution is -2.46. The summed E-state index contributed by atoms with van der Waals surface area (Å²) in [6, 6.07) is 11.1. The van der Waals surface area contributed by atoms with Crippen LogP contribution < -0.4 is 10.1 Å². The predicted molar refractivity (Wildman–Crippen MR) is 99.9 cm³/mol. The van der Waals surface area contributed by atoms with E-state index in [2.05, 4.69) is 29.4 Å². The number of carbonyl (C=O) groups excluding carboxylic acids is 1. The van der Waals surface area contributed by atoms with E-state index in [4.69, 9.17) is 4.74 Å². The Bertz CT molecular complexity index is 853. The number of nitrogens with zero attached hydrogens (tertiary/aromatic N) is 1. The Morgan fingerprint density at radius 2 is 1.88 bits per heavy atom. The van der Waals surface area contributed by atoms with Crippen LogP contribution in [0.3, 0.4) is 0 Å². The van der Waals surface area contributed by atoms with Crippen molar-refractivity contribution in [2.24, 2.45) is 0 Å². The third-order valence-electron chi connectivity index (χ3n) is 5.09. The Labute approximate surface area is 152 Å². The van der Waals surface area contributed by atoms with Crippen molar-refractivity contribution in [3.05, 3.63) is 65.5 Å². The molecule has 4 nitrogen and oxygen atoms in total. The molecule has 2 aliphatic rings. The zero-order valence-electron chi connectivity index (χ0n) is 14.7. The standard InChI is InChI=1S/C21H21FN2O2/c1-24-12-10-21(11-13-24)9-8-16-14-18(6-7-19(16)26-21)23-20(25)15-2-4-17(22)5-3-15/h2-9,14H,10-13H2,1H3,(H,23,25). The molecule has 1 fully saturated rings. The van der Waals surface area contributed by atoms with Crippen molar-refractivity contribution >= 4 is 17.7 Å². The minimum atomic E-state index is -0.361. The Morgan fingerprint density at radius 1 is 1.15 bits per heavy atom. The second-order valence-electron chi connectivity index (χ2n) is 7.02. The van der Waals surface area contributed by atoms with Crippen LogP contribution in [0.5, 0.6) is 5.75 Å². The molecule has 2 aromatic carbocycles. The monoisotopic (exact) mass is 352 g/mol. The average Bonchev–Trinajstić information content (AvgIpc) is 2.65. The van der Waals surface area contributed by atoms with Crippen molar-refractivity contribution in [3.63, 3.8) is 0 Å². The molecule has 0 saturated carbocycles. The molecule has 0 unspecified atom stereocenters. The van der Waals surface area contributed by atoms with E-state index in [0.29, 0.717) is 11.3 Å². The highest BCUT2D eigenvalue weighted by atomic mass is 19.1. The molecule has 26 heavy (non-hydrogen) atoms. The fourth-order valence-electron chi connectivity index (χ4n) is 3.41. The first-order chi connectivity index (χ1) is 12.5. The van der Waals surface area contributed by atoms with E-state index < -0.39 is 0 Å². The molecule has 2 aromatic rings. The van der Waals surface area contributed by atoms with Crippen molar-refractivity contribution in [3.8, 4) is 5.75 Å². The molecule has 1 amide bonds. The van der Waals surface area contributed by atoms with Crippen molar-refractivity contribution < 1.29 is 13.9 Å². The van der Waals surface area contributed by atoms with E-state index in [1.807, 2.05) is 18.2 Å². The van der Waals surface area contributed by atoms with E-state index in [1.54, 1.807) is 0 Å². The van der Waals surface area contributed by atoms with Gasteiger partial charge in [-0.3, -0.25) is 4.79 Å². The Hall–Kier alpha value is -2.66. The fourth-order valence-corrected chi connectivity index (χ4v) is 3.41. The Kier molecular flexibility index (Phi) is 4.24. The van der Waals surface area contributed by atoms with Crippen LogP contribution in [0.2, 0.25) is 0 Å². The molecule has 2 heterocycles. The van der Waals surface area contributed by atoms with Crippen LogP contribution in [0.15, 0.2) is 48.5 Å². The van der Waals surface area contributed by atoms with E-state index in [1.165, 1.54) is 24.3 Å². The lowest BCUT2D eigenvalue weighted by atomic mass is 9.88. The largest absolute Gasteiger partial charge is 0.482 e. The number of fused-ring (bicyclic) bond motifs is 1. The molecule has 134 valence electrons. The molecule has 0 aromatic heterocycles. The fraction of sp³-hybridized carbons (Fsp3) is 0.286. The van der Waals surface area contributed by atoms with Crippen LogP contribution in [0.4, 0.5) is 10.1 Å². The van der Waals surface area contributed by atoms with Crippen LogP contribution in [-0.4, -0.2) is 36.5 Å². The second kappa shape index (κ2) is 6.57. The summed E-state index contributed by atoms with van der Waals surface area (Å²) >= 11 is 0. The maximum atomic E-state index is 13.0. The highest BCUT2D eigenvalue weighted by Crippen LogP contribution is 2.37. The molecular formula is C21H21FN2O2. The van der Waals surface area contributed by atoms with E-state index in [-0.39, 0.29) is 17.3 Å². The van der Waals surface area contributed by atoms with E-state index in [9.17, 15) is 9.18 Å². The minimum Gasteiger partial charge on any atom is -0.482 e. The SMILES string of the molecule is CN1CCC2(C=Cc3cc(NC(=O)c4ccc(F)cc4)ccc3O2)CC1. The van der Waals surface area contributed by atoms with Gasteiger partial charge in [-0.1, -0.05) is 6.08 Å². The molecule has 1 spiro atoms. The van der Waals surface area contributed by atoms with Crippen LogP contribution in [-0.2, 0) is 0 Å². The number of hydrogen-bond acceptors (Lipinski definition) is 3. The topological polar surface area (TPSA) is 41.6 Å². The zero-order valence-corrected chi connectivity index (χ0v) is 14.7. The molecule has 0 aliphatic carbocycles. The summed E-state index contributed by atoms with van der Waals surface area (Å²) < 4.78 is 19.3. The van der Waals surface area contributed by atoms with Gasteiger partial charge in [0.25, 0.3) is 5.91 Å². The van der Waals surface area contributed by atoms with Crippen molar-refractivity contribution in [1.82, 2.24) is 4.90 Å². The van der Waals surface area contributed by atoms with Gasteiger partial charge in [0, 0.05) is 42.7 Å². The number of benzene rings is 2. The quantitative estimate of drug-likeness (QED) is 0.890. The summed E-state index contributed by atoms with van der Waals surface area (Å²) in [5, 5.41) is 2.85. The number of carbonyl (C=O) groups is 1. The molecule has 4 rings (SSSR count).